The van der Waals surface area contributed by atoms with Gasteiger partial charge in [-0.15, -0.1) is 11.6 Å². The highest BCUT2D eigenvalue weighted by Crippen LogP contribution is 2.31. The molecule has 2 rings (SSSR count). The lowest BCUT2D eigenvalue weighted by Crippen LogP contribution is -2.05. The van der Waals surface area contributed by atoms with E-state index in [1.807, 2.05) is 30.3 Å². The van der Waals surface area contributed by atoms with Gasteiger partial charge in [0.05, 0.1) is 0 Å². The predicted molar refractivity (Wildman–Crippen MR) is 87.8 cm³/mol. The van der Waals surface area contributed by atoms with E-state index in [0.29, 0.717) is 15.9 Å². The molecule has 19 heavy (non-hydrogen) atoms. The largest absolute Gasteiger partial charge is 0.126 e. The number of halogens is 4. The van der Waals surface area contributed by atoms with Crippen LogP contribution < -0.4 is 0 Å². The standard InChI is InChI=1S/C15H12BrCl3/c16-12-4-1-3-10(7-12)11(9-17)8-13-14(18)5-2-6-15(13)19/h1-7,11H,8-9H2. The minimum atomic E-state index is 0.191. The maximum atomic E-state index is 6.21. The number of benzene rings is 2. The zero-order chi connectivity index (χ0) is 13.8. The smallest absolute Gasteiger partial charge is 0.0453 e. The van der Waals surface area contributed by atoms with E-state index in [1.54, 1.807) is 0 Å². The van der Waals surface area contributed by atoms with Crippen LogP contribution >= 0.6 is 50.7 Å². The van der Waals surface area contributed by atoms with Crippen LogP contribution in [-0.2, 0) is 6.42 Å². The van der Waals surface area contributed by atoms with Crippen molar-refractivity contribution in [1.29, 1.82) is 0 Å². The lowest BCUT2D eigenvalue weighted by molar-refractivity contribution is 0.766. The van der Waals surface area contributed by atoms with Crippen LogP contribution in [0.15, 0.2) is 46.9 Å². The molecule has 0 aliphatic rings. The topological polar surface area (TPSA) is 0 Å². The summed E-state index contributed by atoms with van der Waals surface area (Å²) >= 11 is 22.0. The van der Waals surface area contributed by atoms with E-state index in [0.717, 1.165) is 16.5 Å². The maximum absolute atomic E-state index is 6.21. The zero-order valence-electron chi connectivity index (χ0n) is 10.0. The highest BCUT2D eigenvalue weighted by atomic mass is 79.9. The summed E-state index contributed by atoms with van der Waals surface area (Å²) in [6, 6.07) is 13.7. The fourth-order valence-electron chi connectivity index (χ4n) is 2.00. The SMILES string of the molecule is ClCC(Cc1c(Cl)cccc1Cl)c1cccc(Br)c1. The first-order valence-corrected chi connectivity index (χ1v) is 7.94. The Labute approximate surface area is 136 Å². The van der Waals surface area contributed by atoms with Gasteiger partial charge in [-0.2, -0.15) is 0 Å². The van der Waals surface area contributed by atoms with Gasteiger partial charge in [0.25, 0.3) is 0 Å². The third-order valence-corrected chi connectivity index (χ3v) is 4.59. The molecule has 4 heteroatoms. The summed E-state index contributed by atoms with van der Waals surface area (Å²) in [4.78, 5) is 0. The van der Waals surface area contributed by atoms with Gasteiger partial charge in [-0.25, -0.2) is 0 Å². The molecule has 0 saturated heterocycles. The fraction of sp³-hybridized carbons (Fsp3) is 0.200. The average molecular weight is 379 g/mol. The van der Waals surface area contributed by atoms with Crippen LogP contribution in [-0.4, -0.2) is 5.88 Å². The molecule has 2 aromatic carbocycles. The van der Waals surface area contributed by atoms with Crippen molar-refractivity contribution in [2.75, 3.05) is 5.88 Å². The third kappa shape index (κ3) is 3.88. The summed E-state index contributed by atoms with van der Waals surface area (Å²) in [6.45, 7) is 0. The highest BCUT2D eigenvalue weighted by molar-refractivity contribution is 9.10. The van der Waals surface area contributed by atoms with E-state index in [9.17, 15) is 0 Å². The van der Waals surface area contributed by atoms with Crippen LogP contribution in [0.5, 0.6) is 0 Å². The van der Waals surface area contributed by atoms with Gasteiger partial charge in [-0.1, -0.05) is 57.3 Å². The Kier molecular flexibility index (Phi) is 5.58. The summed E-state index contributed by atoms with van der Waals surface area (Å²) in [6.07, 6.45) is 0.735. The molecule has 0 nitrogen and oxygen atoms in total. The predicted octanol–water partition coefficient (Wildman–Crippen LogP) is 6.32. The monoisotopic (exact) mass is 376 g/mol. The van der Waals surface area contributed by atoms with Gasteiger partial charge in [0.2, 0.25) is 0 Å². The second-order valence-electron chi connectivity index (χ2n) is 4.31. The van der Waals surface area contributed by atoms with Gasteiger partial charge in [0.1, 0.15) is 0 Å². The van der Waals surface area contributed by atoms with Gasteiger partial charge in [-0.05, 0) is 41.8 Å². The average Bonchev–Trinajstić information content (AvgIpc) is 2.38. The number of rotatable bonds is 4. The Balaban J connectivity index is 2.29. The van der Waals surface area contributed by atoms with Crippen LogP contribution in [0.1, 0.15) is 17.0 Å². The molecular formula is C15H12BrCl3. The molecule has 2 aromatic rings. The first kappa shape index (κ1) is 15.2. The Morgan fingerprint density at radius 2 is 1.63 bits per heavy atom. The van der Waals surface area contributed by atoms with E-state index in [2.05, 4.69) is 28.1 Å². The van der Waals surface area contributed by atoms with Crippen molar-refractivity contribution in [2.24, 2.45) is 0 Å². The summed E-state index contributed by atoms with van der Waals surface area (Å²) in [7, 11) is 0. The number of alkyl halides is 1. The Morgan fingerprint density at radius 3 is 2.21 bits per heavy atom. The van der Waals surface area contributed by atoms with Crippen molar-refractivity contribution in [3.63, 3.8) is 0 Å². The third-order valence-electron chi connectivity index (χ3n) is 3.02. The van der Waals surface area contributed by atoms with Crippen molar-refractivity contribution in [2.45, 2.75) is 12.3 Å². The van der Waals surface area contributed by atoms with Gasteiger partial charge in [-0.3, -0.25) is 0 Å². The van der Waals surface area contributed by atoms with E-state index in [1.165, 1.54) is 5.56 Å². The van der Waals surface area contributed by atoms with E-state index in [4.69, 9.17) is 34.8 Å². The first-order valence-electron chi connectivity index (χ1n) is 5.86. The molecule has 0 radical (unpaired) electrons. The lowest BCUT2D eigenvalue weighted by atomic mass is 9.93. The van der Waals surface area contributed by atoms with Crippen molar-refractivity contribution in [1.82, 2.24) is 0 Å². The maximum Gasteiger partial charge on any atom is 0.0453 e. The van der Waals surface area contributed by atoms with Crippen molar-refractivity contribution >= 4 is 50.7 Å². The quantitative estimate of drug-likeness (QED) is 0.546. The molecule has 0 aliphatic heterocycles. The highest BCUT2D eigenvalue weighted by Gasteiger charge is 2.15. The molecule has 0 aliphatic carbocycles. The van der Waals surface area contributed by atoms with E-state index in [-0.39, 0.29) is 5.92 Å². The van der Waals surface area contributed by atoms with Gasteiger partial charge in [0, 0.05) is 26.3 Å². The number of hydrogen-bond donors (Lipinski definition) is 0. The molecule has 0 fully saturated rings. The molecule has 1 unspecified atom stereocenters. The lowest BCUT2D eigenvalue weighted by Gasteiger charge is -2.16. The Bertz CT molecular complexity index is 549. The molecule has 0 amide bonds. The fourth-order valence-corrected chi connectivity index (χ4v) is 3.25. The summed E-state index contributed by atoms with van der Waals surface area (Å²) in [5.74, 6) is 0.717. The Hall–Kier alpha value is -0.210. The molecule has 1 atom stereocenters. The molecule has 0 saturated carbocycles. The second-order valence-corrected chi connectivity index (χ2v) is 6.35. The molecule has 0 heterocycles. The van der Waals surface area contributed by atoms with E-state index >= 15 is 0 Å². The van der Waals surface area contributed by atoms with Crippen LogP contribution in [0, 0.1) is 0 Å². The number of hydrogen-bond acceptors (Lipinski definition) is 0. The van der Waals surface area contributed by atoms with Gasteiger partial charge >= 0.3 is 0 Å². The molecular weight excluding hydrogens is 366 g/mol. The van der Waals surface area contributed by atoms with Crippen LogP contribution in [0.25, 0.3) is 0 Å². The Morgan fingerprint density at radius 1 is 1.00 bits per heavy atom. The van der Waals surface area contributed by atoms with Crippen molar-refractivity contribution < 1.29 is 0 Å². The molecule has 100 valence electrons. The van der Waals surface area contributed by atoms with Crippen LogP contribution in [0.2, 0.25) is 10.0 Å². The molecule has 0 spiro atoms. The molecule has 0 aromatic heterocycles. The van der Waals surface area contributed by atoms with E-state index < -0.39 is 0 Å². The minimum absolute atomic E-state index is 0.191. The van der Waals surface area contributed by atoms with Gasteiger partial charge in [0.15, 0.2) is 0 Å². The summed E-state index contributed by atoms with van der Waals surface area (Å²) in [5.41, 5.74) is 2.14. The van der Waals surface area contributed by atoms with Crippen LogP contribution in [0.3, 0.4) is 0 Å². The first-order chi connectivity index (χ1) is 9.11. The zero-order valence-corrected chi connectivity index (χ0v) is 13.9. The molecule has 0 bridgehead atoms. The molecule has 0 N–H and O–H groups in total. The second kappa shape index (κ2) is 6.99. The van der Waals surface area contributed by atoms with Crippen molar-refractivity contribution in [3.8, 4) is 0 Å². The van der Waals surface area contributed by atoms with Gasteiger partial charge < -0.3 is 0 Å². The van der Waals surface area contributed by atoms with Crippen molar-refractivity contribution in [3.05, 3.63) is 68.1 Å². The normalized spacial score (nSPS) is 12.4. The van der Waals surface area contributed by atoms with Crippen LogP contribution in [0.4, 0.5) is 0 Å². The summed E-state index contributed by atoms with van der Waals surface area (Å²) < 4.78 is 1.05. The minimum Gasteiger partial charge on any atom is -0.126 e. The summed E-state index contributed by atoms with van der Waals surface area (Å²) in [5, 5.41) is 1.38.